The molecule has 70 valence electrons. The van der Waals surface area contributed by atoms with Crippen molar-refractivity contribution in [1.82, 2.24) is 0 Å². The van der Waals surface area contributed by atoms with Crippen LogP contribution < -0.4 is 5.43 Å². The summed E-state index contributed by atoms with van der Waals surface area (Å²) in [5, 5.41) is -0.100. The second-order valence-electron chi connectivity index (χ2n) is 2.05. The van der Waals surface area contributed by atoms with Crippen LogP contribution in [0.4, 0.5) is 10.1 Å². The van der Waals surface area contributed by atoms with Gasteiger partial charge in [-0.1, -0.05) is 16.1 Å². The standard InChI is InChI=1S/C6H4ClFN2O2S/c7-5-3-4(1-2-6(5)8)9-10-13(11)12/h1-3,9H. The number of benzene rings is 1. The maximum absolute atomic E-state index is 12.6. The Morgan fingerprint density at radius 3 is 2.69 bits per heavy atom. The molecule has 0 aliphatic carbocycles. The number of hydrogen-bond donors (Lipinski definition) is 1. The Morgan fingerprint density at radius 2 is 2.15 bits per heavy atom. The van der Waals surface area contributed by atoms with Crippen LogP contribution in [-0.4, -0.2) is 8.42 Å². The number of rotatable bonds is 2. The molecule has 0 radical (unpaired) electrons. The highest BCUT2D eigenvalue weighted by Gasteiger charge is 1.99. The fraction of sp³-hybridized carbons (Fsp3) is 0. The van der Waals surface area contributed by atoms with Crippen molar-refractivity contribution in [3.05, 3.63) is 29.0 Å². The topological polar surface area (TPSA) is 58.5 Å². The summed E-state index contributed by atoms with van der Waals surface area (Å²) >= 11 is 5.42. The van der Waals surface area contributed by atoms with E-state index in [0.717, 1.165) is 6.07 Å². The first-order chi connectivity index (χ1) is 6.09. The molecule has 0 atom stereocenters. The van der Waals surface area contributed by atoms with Crippen LogP contribution in [0.1, 0.15) is 0 Å². The first-order valence-electron chi connectivity index (χ1n) is 3.11. The lowest BCUT2D eigenvalue weighted by atomic mass is 10.3. The van der Waals surface area contributed by atoms with Gasteiger partial charge < -0.3 is 0 Å². The molecule has 0 bridgehead atoms. The lowest BCUT2D eigenvalue weighted by Gasteiger charge is -1.98. The largest absolute Gasteiger partial charge is 0.332 e. The number of nitrogens with zero attached hydrogens (tertiary/aromatic N) is 1. The molecule has 0 aromatic heterocycles. The first kappa shape index (κ1) is 9.94. The molecule has 7 heteroatoms. The quantitative estimate of drug-likeness (QED) is 0.778. The predicted molar refractivity (Wildman–Crippen MR) is 46.4 cm³/mol. The minimum atomic E-state index is -2.55. The van der Waals surface area contributed by atoms with Crippen LogP contribution >= 0.6 is 11.6 Å². The molecule has 0 aliphatic heterocycles. The maximum Gasteiger partial charge on any atom is 0.332 e. The zero-order chi connectivity index (χ0) is 9.84. The first-order valence-corrected chi connectivity index (χ1v) is 4.52. The van der Waals surface area contributed by atoms with E-state index in [2.05, 4.69) is 9.90 Å². The van der Waals surface area contributed by atoms with Gasteiger partial charge in [-0.3, -0.25) is 5.43 Å². The van der Waals surface area contributed by atoms with Gasteiger partial charge in [-0.2, -0.15) is 8.42 Å². The summed E-state index contributed by atoms with van der Waals surface area (Å²) in [4.78, 5) is 0. The molecule has 0 saturated carbocycles. The molecule has 1 aromatic carbocycles. The third-order valence-corrected chi connectivity index (χ3v) is 1.70. The van der Waals surface area contributed by atoms with E-state index in [-0.39, 0.29) is 5.02 Å². The van der Waals surface area contributed by atoms with Gasteiger partial charge in [0.25, 0.3) is 0 Å². The number of nitrogens with one attached hydrogen (secondary N) is 1. The van der Waals surface area contributed by atoms with Crippen LogP contribution in [-0.2, 0) is 10.5 Å². The zero-order valence-electron chi connectivity index (χ0n) is 6.16. The Hall–Kier alpha value is -1.14. The molecule has 13 heavy (non-hydrogen) atoms. The Bertz CT molecular complexity index is 438. The number of anilines is 1. The van der Waals surface area contributed by atoms with Crippen molar-refractivity contribution in [2.24, 2.45) is 4.47 Å². The molecular weight excluding hydrogens is 219 g/mol. The van der Waals surface area contributed by atoms with Crippen molar-refractivity contribution in [3.63, 3.8) is 0 Å². The van der Waals surface area contributed by atoms with Crippen LogP contribution in [0.5, 0.6) is 0 Å². The van der Waals surface area contributed by atoms with E-state index in [9.17, 15) is 12.8 Å². The van der Waals surface area contributed by atoms with Gasteiger partial charge in [0.2, 0.25) is 0 Å². The smallest absolute Gasteiger partial charge is 0.263 e. The van der Waals surface area contributed by atoms with Gasteiger partial charge >= 0.3 is 10.5 Å². The van der Waals surface area contributed by atoms with E-state index in [0.29, 0.717) is 5.69 Å². The molecule has 0 unspecified atom stereocenters. The third-order valence-electron chi connectivity index (χ3n) is 1.17. The number of halogens is 2. The Balaban J connectivity index is 2.92. The molecule has 1 aromatic rings. The summed E-state index contributed by atoms with van der Waals surface area (Å²) < 4.78 is 35.5. The van der Waals surface area contributed by atoms with E-state index < -0.39 is 16.3 Å². The Labute approximate surface area is 80.0 Å². The SMILES string of the molecule is O=S(=O)=NNc1ccc(F)c(Cl)c1. The van der Waals surface area contributed by atoms with E-state index in [1.165, 1.54) is 12.1 Å². The van der Waals surface area contributed by atoms with Crippen LogP contribution in [0.2, 0.25) is 5.02 Å². The third kappa shape index (κ3) is 3.00. The molecule has 0 saturated heterocycles. The van der Waals surface area contributed by atoms with E-state index in [1.807, 2.05) is 0 Å². The fourth-order valence-electron chi connectivity index (χ4n) is 0.656. The van der Waals surface area contributed by atoms with E-state index in [4.69, 9.17) is 11.6 Å². The van der Waals surface area contributed by atoms with Crippen LogP contribution in [0.15, 0.2) is 22.7 Å². The van der Waals surface area contributed by atoms with E-state index >= 15 is 0 Å². The highest BCUT2D eigenvalue weighted by Crippen LogP contribution is 2.18. The van der Waals surface area contributed by atoms with Gasteiger partial charge in [-0.05, 0) is 18.2 Å². The molecule has 1 rings (SSSR count). The molecule has 1 N–H and O–H groups in total. The molecule has 0 fully saturated rings. The molecular formula is C6H4ClFN2O2S. The van der Waals surface area contributed by atoms with Gasteiger partial charge in [-0.15, -0.1) is 0 Å². The van der Waals surface area contributed by atoms with Crippen LogP contribution in [0.3, 0.4) is 0 Å². The summed E-state index contributed by atoms with van der Waals surface area (Å²) in [5.74, 6) is -0.574. The fourth-order valence-corrected chi connectivity index (χ4v) is 1.02. The minimum absolute atomic E-state index is 0.100. The van der Waals surface area contributed by atoms with Crippen molar-refractivity contribution in [2.75, 3.05) is 5.43 Å². The molecule has 0 aliphatic rings. The lowest BCUT2D eigenvalue weighted by molar-refractivity contribution is 0.621. The Morgan fingerprint density at radius 1 is 1.46 bits per heavy atom. The normalized spacial score (nSPS) is 9.38. The van der Waals surface area contributed by atoms with Crippen LogP contribution in [0.25, 0.3) is 0 Å². The predicted octanol–water partition coefficient (Wildman–Crippen LogP) is 1.87. The van der Waals surface area contributed by atoms with Gasteiger partial charge in [0.15, 0.2) is 0 Å². The summed E-state index contributed by atoms with van der Waals surface area (Å²) in [6, 6.07) is 3.65. The van der Waals surface area contributed by atoms with Gasteiger partial charge in [0.1, 0.15) is 5.82 Å². The average molecular weight is 223 g/mol. The average Bonchev–Trinajstić information content (AvgIpc) is 2.07. The van der Waals surface area contributed by atoms with Crippen molar-refractivity contribution >= 4 is 27.8 Å². The van der Waals surface area contributed by atoms with Crippen LogP contribution in [0, 0.1) is 5.82 Å². The zero-order valence-corrected chi connectivity index (χ0v) is 7.73. The summed E-state index contributed by atoms with van der Waals surface area (Å²) in [6.45, 7) is 0. The van der Waals surface area contributed by atoms with Crippen molar-refractivity contribution in [3.8, 4) is 0 Å². The Kier molecular flexibility index (Phi) is 3.21. The summed E-state index contributed by atoms with van der Waals surface area (Å²) in [5.41, 5.74) is 2.47. The monoisotopic (exact) mass is 222 g/mol. The molecule has 4 nitrogen and oxygen atoms in total. The highest BCUT2D eigenvalue weighted by molar-refractivity contribution is 7.61. The van der Waals surface area contributed by atoms with Crippen molar-refractivity contribution in [1.29, 1.82) is 0 Å². The van der Waals surface area contributed by atoms with Gasteiger partial charge in [0.05, 0.1) is 10.7 Å². The summed E-state index contributed by atoms with van der Waals surface area (Å²) in [7, 11) is -2.55. The maximum atomic E-state index is 12.6. The van der Waals surface area contributed by atoms with Gasteiger partial charge in [0, 0.05) is 0 Å². The molecule has 0 heterocycles. The minimum Gasteiger partial charge on any atom is -0.263 e. The van der Waals surface area contributed by atoms with E-state index in [1.54, 1.807) is 0 Å². The lowest BCUT2D eigenvalue weighted by Crippen LogP contribution is -1.87. The number of hydrogen-bond acceptors (Lipinski definition) is 3. The second-order valence-corrected chi connectivity index (χ2v) is 3.07. The highest BCUT2D eigenvalue weighted by atomic mass is 35.5. The van der Waals surface area contributed by atoms with Gasteiger partial charge in [-0.25, -0.2) is 4.39 Å². The molecule has 0 spiro atoms. The summed E-state index contributed by atoms with van der Waals surface area (Å²) in [6.07, 6.45) is 0. The van der Waals surface area contributed by atoms with Crippen molar-refractivity contribution in [2.45, 2.75) is 0 Å². The van der Waals surface area contributed by atoms with Crippen molar-refractivity contribution < 1.29 is 12.8 Å². The molecule has 0 amide bonds. The second kappa shape index (κ2) is 4.20.